The maximum atomic E-state index is 5.45. The molecule has 0 amide bonds. The summed E-state index contributed by atoms with van der Waals surface area (Å²) in [5, 5.41) is 0. The minimum atomic E-state index is -1.15. The van der Waals surface area contributed by atoms with Crippen LogP contribution in [0.4, 0.5) is 0 Å². The van der Waals surface area contributed by atoms with E-state index in [2.05, 4.69) is 44.7 Å². The summed E-state index contributed by atoms with van der Waals surface area (Å²) in [6, 6.07) is 0. The molecule has 0 nitrogen and oxygen atoms in total. The molecule has 0 rings (SSSR count). The fraction of sp³-hybridized carbons (Fsp3) is 0.556. The van der Waals surface area contributed by atoms with Gasteiger partial charge in [-0.3, -0.25) is 0 Å². The molecule has 64 valence electrons. The topological polar surface area (TPSA) is 0 Å². The Kier molecular flexibility index (Phi) is 10.4. The molecule has 3 heteroatoms. The third-order valence-electron chi connectivity index (χ3n) is 0.831. The first-order valence-electron chi connectivity index (χ1n) is 3.76. The van der Waals surface area contributed by atoms with Crippen molar-refractivity contribution in [1.82, 2.24) is 0 Å². The third kappa shape index (κ3) is 16.9. The Hall–Kier alpha value is 0.620. The van der Waals surface area contributed by atoms with Gasteiger partial charge in [0.2, 0.25) is 0 Å². The van der Waals surface area contributed by atoms with Gasteiger partial charge in [0.1, 0.15) is 8.07 Å². The second-order valence-electron chi connectivity index (χ2n) is 3.57. The van der Waals surface area contributed by atoms with Gasteiger partial charge in [-0.25, -0.2) is 5.57 Å². The minimum absolute atomic E-state index is 0.754. The molecule has 0 saturated heterocycles. The quantitative estimate of drug-likeness (QED) is 0.395. The van der Waals surface area contributed by atoms with Crippen molar-refractivity contribution in [3.63, 3.8) is 0 Å². The van der Waals surface area contributed by atoms with E-state index in [1.54, 1.807) is 0 Å². The summed E-state index contributed by atoms with van der Waals surface area (Å²) >= 11 is 4.25. The van der Waals surface area contributed by atoms with E-state index < -0.39 is 8.07 Å². The van der Waals surface area contributed by atoms with E-state index in [0.29, 0.717) is 0 Å². The van der Waals surface area contributed by atoms with Gasteiger partial charge in [-0.1, -0.05) is 26.6 Å². The molecule has 0 spiro atoms. The zero-order valence-corrected chi connectivity index (χ0v) is 13.9. The van der Waals surface area contributed by atoms with E-state index in [-0.39, 0.29) is 0 Å². The number of rotatable bonds is 1. The number of halogens is 1. The molecule has 0 aromatic carbocycles. The van der Waals surface area contributed by atoms with Crippen LogP contribution in [0.1, 0.15) is 13.3 Å². The van der Waals surface area contributed by atoms with E-state index in [1.807, 2.05) is 6.92 Å². The van der Waals surface area contributed by atoms with Gasteiger partial charge in [0.25, 0.3) is 0 Å². The molecule has 0 N–H and O–H groups in total. The van der Waals surface area contributed by atoms with Crippen molar-refractivity contribution in [2.24, 2.45) is 0 Å². The van der Waals surface area contributed by atoms with Gasteiger partial charge >= 0.3 is 30.0 Å². The SMILES string of the molecule is [CH-]=C(C)CC#C[Si](C)(C)C.[Zn+][Br]. The normalized spacial score (nSPS) is 8.92. The van der Waals surface area contributed by atoms with Gasteiger partial charge in [0, 0.05) is 0 Å². The van der Waals surface area contributed by atoms with E-state index >= 15 is 0 Å². The van der Waals surface area contributed by atoms with Crippen molar-refractivity contribution in [3.05, 3.63) is 12.2 Å². The van der Waals surface area contributed by atoms with Crippen LogP contribution >= 0.6 is 13.6 Å². The Morgan fingerprint density at radius 1 is 1.42 bits per heavy atom. The van der Waals surface area contributed by atoms with Crippen molar-refractivity contribution in [2.75, 3.05) is 0 Å². The van der Waals surface area contributed by atoms with Crippen molar-refractivity contribution >= 4 is 21.7 Å². The van der Waals surface area contributed by atoms with Crippen molar-refractivity contribution in [1.29, 1.82) is 0 Å². The van der Waals surface area contributed by atoms with Gasteiger partial charge in [-0.2, -0.15) is 0 Å². The van der Waals surface area contributed by atoms with Crippen LogP contribution < -0.4 is 0 Å². The van der Waals surface area contributed by atoms with Gasteiger partial charge in [-0.15, -0.1) is 11.5 Å². The first-order chi connectivity index (χ1) is 5.42. The zero-order valence-electron chi connectivity index (χ0n) is 8.37. The molecular weight excluding hydrogens is 281 g/mol. The fourth-order valence-corrected chi connectivity index (χ4v) is 1.07. The van der Waals surface area contributed by atoms with E-state index in [4.69, 9.17) is 6.58 Å². The molecule has 0 bridgehead atoms. The molecule has 0 aliphatic carbocycles. The van der Waals surface area contributed by atoms with Gasteiger partial charge in [0.05, 0.1) is 0 Å². The van der Waals surface area contributed by atoms with Crippen molar-refractivity contribution in [2.45, 2.75) is 33.0 Å². The molecule has 0 unspecified atom stereocenters. The molecule has 0 heterocycles. The van der Waals surface area contributed by atoms with Crippen LogP contribution in [0.5, 0.6) is 0 Å². The second-order valence-corrected chi connectivity index (χ2v) is 8.32. The van der Waals surface area contributed by atoms with Gasteiger partial charge in [-0.05, 0) is 6.42 Å². The summed E-state index contributed by atoms with van der Waals surface area (Å²) in [5.74, 6) is 3.07. The van der Waals surface area contributed by atoms with Crippen LogP contribution in [-0.2, 0) is 16.3 Å². The average molecular weight is 297 g/mol. The predicted octanol–water partition coefficient (Wildman–Crippen LogP) is 3.48. The van der Waals surface area contributed by atoms with E-state index in [1.165, 1.54) is 16.3 Å². The molecule has 0 radical (unpaired) electrons. The van der Waals surface area contributed by atoms with E-state index in [0.717, 1.165) is 12.0 Å². The molecule has 0 aliphatic heterocycles. The summed E-state index contributed by atoms with van der Waals surface area (Å²) in [7, 11) is -1.15. The predicted molar refractivity (Wildman–Crippen MR) is 58.2 cm³/mol. The summed E-state index contributed by atoms with van der Waals surface area (Å²) in [5.41, 5.74) is 4.15. The van der Waals surface area contributed by atoms with E-state index in [9.17, 15) is 0 Å². The van der Waals surface area contributed by atoms with Gasteiger partial charge < -0.3 is 6.58 Å². The summed E-state index contributed by atoms with van der Waals surface area (Å²) in [6.45, 7) is 14.0. The monoisotopic (exact) mass is 294 g/mol. The van der Waals surface area contributed by atoms with Crippen molar-refractivity contribution < 1.29 is 16.3 Å². The first-order valence-corrected chi connectivity index (χ1v) is 14.2. The van der Waals surface area contributed by atoms with Gasteiger partial charge in [0.15, 0.2) is 0 Å². The van der Waals surface area contributed by atoms with Crippen LogP contribution in [0.15, 0.2) is 5.57 Å². The number of hydrogen-bond acceptors (Lipinski definition) is 0. The molecule has 0 fully saturated rings. The average Bonchev–Trinajstić information content (AvgIpc) is 1.88. The van der Waals surface area contributed by atoms with Crippen LogP contribution in [0.3, 0.4) is 0 Å². The van der Waals surface area contributed by atoms with Crippen LogP contribution in [0, 0.1) is 18.0 Å². The molecule has 0 aromatic heterocycles. The summed E-state index contributed by atoms with van der Waals surface area (Å²) in [4.78, 5) is 0. The van der Waals surface area contributed by atoms with Crippen LogP contribution in [0.2, 0.25) is 19.6 Å². The maximum absolute atomic E-state index is 5.45. The standard InChI is InChI=1S/C9H15Si.BrH.Zn/c1-9(2)7-6-8-10(3,4)5;;/h1H,7H2,2-5H3;1H;/q-1;;+2/p-1. The Labute approximate surface area is 94.3 Å². The van der Waals surface area contributed by atoms with Crippen molar-refractivity contribution in [3.8, 4) is 11.5 Å². The Morgan fingerprint density at radius 3 is 2.08 bits per heavy atom. The fourth-order valence-electron chi connectivity index (χ4n) is 0.449. The molecular formula is C9H15BrSiZn. The molecule has 12 heavy (non-hydrogen) atoms. The Bertz CT molecular complexity index is 183. The van der Waals surface area contributed by atoms with Crippen LogP contribution in [-0.4, -0.2) is 8.07 Å². The first kappa shape index (κ1) is 15.1. The number of hydrogen-bond donors (Lipinski definition) is 0. The molecule has 0 aromatic rings. The van der Waals surface area contributed by atoms with Crippen LogP contribution in [0.25, 0.3) is 0 Å². The Balaban J connectivity index is 0. The third-order valence-corrected chi connectivity index (χ3v) is 1.76. The molecule has 0 saturated carbocycles. The number of allylic oxidation sites excluding steroid dienone is 1. The Morgan fingerprint density at radius 2 is 1.83 bits per heavy atom. The molecule has 0 atom stereocenters. The second kappa shape index (κ2) is 8.23. The summed E-state index contributed by atoms with van der Waals surface area (Å²) < 4.78 is 0. The molecule has 0 aliphatic rings. The summed E-state index contributed by atoms with van der Waals surface area (Å²) in [6.07, 6.45) is 0.754. The zero-order chi connectivity index (χ0) is 10.2.